The molecule has 0 unspecified atom stereocenters. The fourth-order valence-electron chi connectivity index (χ4n) is 2.46. The molecule has 0 atom stereocenters. The first-order valence-corrected chi connectivity index (χ1v) is 6.80. The van der Waals surface area contributed by atoms with Crippen molar-refractivity contribution in [1.82, 2.24) is 0 Å². The molecule has 10 radical (unpaired) electrons. The monoisotopic (exact) mass is 296 g/mol. The second-order valence-electron chi connectivity index (χ2n) is 4.84. The Labute approximate surface area is 129 Å². The molecule has 3 aliphatic carbocycles. The Morgan fingerprint density at radius 1 is 0.789 bits per heavy atom. The van der Waals surface area contributed by atoms with E-state index < -0.39 is 0 Å². The standard InChI is InChI=1S/C12H15O.C5H5.Fe/c13-12(11-8-4-5-9-11)10-6-2-1-3-7-10;1-2-4-5-3-1;/h4-5,8-10H,1-3,6-7H2;1-5H;/q;;+2. The third-order valence-electron chi connectivity index (χ3n) is 3.48. The SMILES string of the molecule is O=C([C]1[CH][CH][CH][CH]1)C1CCCCC1.[CH]1[CH][CH][CH][CH]1.[Fe+2]. The summed E-state index contributed by atoms with van der Waals surface area (Å²) in [5.74, 6) is 1.59. The van der Waals surface area contributed by atoms with E-state index in [-0.39, 0.29) is 17.1 Å². The van der Waals surface area contributed by atoms with Crippen molar-refractivity contribution in [2.45, 2.75) is 32.1 Å². The van der Waals surface area contributed by atoms with Crippen LogP contribution in [0.4, 0.5) is 0 Å². The van der Waals surface area contributed by atoms with Gasteiger partial charge in [-0.2, -0.15) is 0 Å². The van der Waals surface area contributed by atoms with Gasteiger partial charge in [-0.1, -0.05) is 19.3 Å². The Bertz CT molecular complexity index is 228. The maximum Gasteiger partial charge on any atom is 2.00 e. The van der Waals surface area contributed by atoms with Gasteiger partial charge in [-0.05, 0) is 70.6 Å². The summed E-state index contributed by atoms with van der Waals surface area (Å²) in [5.41, 5.74) is 0. The molecule has 0 amide bonds. The van der Waals surface area contributed by atoms with E-state index >= 15 is 0 Å². The number of carbonyl (C=O) groups excluding carboxylic acids is 1. The molecule has 0 saturated heterocycles. The second kappa shape index (κ2) is 9.99. The van der Waals surface area contributed by atoms with Crippen LogP contribution in [0.25, 0.3) is 0 Å². The zero-order valence-electron chi connectivity index (χ0n) is 11.1. The number of carbonyl (C=O) groups is 1. The van der Waals surface area contributed by atoms with Crippen LogP contribution in [-0.2, 0) is 21.9 Å². The minimum absolute atomic E-state index is 0. The molecule has 0 aromatic heterocycles. The van der Waals surface area contributed by atoms with Crippen LogP contribution in [0.15, 0.2) is 0 Å². The summed E-state index contributed by atoms with van der Waals surface area (Å²) in [7, 11) is 0. The number of ketones is 1. The van der Waals surface area contributed by atoms with E-state index in [1.165, 1.54) is 19.3 Å². The molecule has 0 spiro atoms. The largest absolute Gasteiger partial charge is 2.00 e. The van der Waals surface area contributed by atoms with E-state index in [4.69, 9.17) is 0 Å². The van der Waals surface area contributed by atoms with Crippen molar-refractivity contribution in [2.75, 3.05) is 0 Å². The van der Waals surface area contributed by atoms with Crippen molar-refractivity contribution in [3.05, 3.63) is 63.7 Å². The molecule has 0 aromatic carbocycles. The van der Waals surface area contributed by atoms with Gasteiger partial charge >= 0.3 is 17.1 Å². The number of hydrogen-bond donors (Lipinski definition) is 0. The number of Topliss-reactive ketones (excluding diaryl/α,β-unsaturated/α-hetero) is 1. The average molecular weight is 296 g/mol. The fourth-order valence-corrected chi connectivity index (χ4v) is 2.46. The first-order chi connectivity index (χ1) is 8.88. The van der Waals surface area contributed by atoms with Crippen LogP contribution in [0.3, 0.4) is 0 Å². The van der Waals surface area contributed by atoms with Crippen molar-refractivity contribution in [3.63, 3.8) is 0 Å². The van der Waals surface area contributed by atoms with Crippen molar-refractivity contribution in [1.29, 1.82) is 0 Å². The van der Waals surface area contributed by atoms with Gasteiger partial charge in [-0.15, -0.1) is 0 Å². The zero-order chi connectivity index (χ0) is 12.6. The van der Waals surface area contributed by atoms with E-state index in [0.717, 1.165) is 18.8 Å². The summed E-state index contributed by atoms with van der Waals surface area (Å²) in [6, 6.07) is 0. The fraction of sp³-hybridized carbons (Fsp3) is 0.353. The van der Waals surface area contributed by atoms with Crippen LogP contribution in [-0.4, -0.2) is 5.78 Å². The molecule has 0 N–H and O–H groups in total. The third-order valence-corrected chi connectivity index (χ3v) is 3.48. The van der Waals surface area contributed by atoms with Crippen LogP contribution in [0, 0.1) is 69.6 Å². The Hall–Kier alpha value is 0.189. The number of rotatable bonds is 2. The Kier molecular flexibility index (Phi) is 9.07. The molecule has 3 fully saturated rings. The van der Waals surface area contributed by atoms with Crippen LogP contribution in [0.1, 0.15) is 32.1 Å². The molecule has 0 bridgehead atoms. The summed E-state index contributed by atoms with van der Waals surface area (Å²) >= 11 is 0. The predicted molar refractivity (Wildman–Crippen MR) is 73.5 cm³/mol. The van der Waals surface area contributed by atoms with E-state index in [0.29, 0.717) is 11.7 Å². The summed E-state index contributed by atoms with van der Waals surface area (Å²) in [6.07, 6.45) is 23.7. The third kappa shape index (κ3) is 6.00. The molecule has 3 saturated carbocycles. The summed E-state index contributed by atoms with van der Waals surface area (Å²) in [5, 5.41) is 0. The minimum atomic E-state index is 0. The molecular formula is C17H20FeO+2. The van der Waals surface area contributed by atoms with Gasteiger partial charge in [0.2, 0.25) is 0 Å². The molecule has 3 rings (SSSR count). The van der Waals surface area contributed by atoms with Crippen molar-refractivity contribution in [3.8, 4) is 0 Å². The molecular weight excluding hydrogens is 276 g/mol. The summed E-state index contributed by atoms with van der Waals surface area (Å²) < 4.78 is 0. The minimum Gasteiger partial charge on any atom is -0.299 e. The first kappa shape index (κ1) is 17.2. The van der Waals surface area contributed by atoms with E-state index in [9.17, 15) is 4.79 Å². The maximum absolute atomic E-state index is 11.9. The quantitative estimate of drug-likeness (QED) is 0.712. The number of hydrogen-bond acceptors (Lipinski definition) is 1. The van der Waals surface area contributed by atoms with E-state index in [1.807, 2.05) is 57.8 Å². The topological polar surface area (TPSA) is 17.1 Å². The maximum atomic E-state index is 11.9. The molecule has 19 heavy (non-hydrogen) atoms. The normalized spacial score (nSPS) is 24.4. The van der Waals surface area contributed by atoms with Gasteiger partial charge in [0, 0.05) is 11.8 Å². The predicted octanol–water partition coefficient (Wildman–Crippen LogP) is 3.56. The molecule has 2 heteroatoms. The van der Waals surface area contributed by atoms with Gasteiger partial charge in [0.1, 0.15) is 5.78 Å². The van der Waals surface area contributed by atoms with Gasteiger partial charge in [-0.25, -0.2) is 0 Å². The molecule has 3 aliphatic rings. The smallest absolute Gasteiger partial charge is 0.299 e. The second-order valence-corrected chi connectivity index (χ2v) is 4.84. The van der Waals surface area contributed by atoms with Crippen LogP contribution < -0.4 is 0 Å². The van der Waals surface area contributed by atoms with E-state index in [2.05, 4.69) is 0 Å². The zero-order valence-corrected chi connectivity index (χ0v) is 12.2. The molecule has 0 heterocycles. The van der Waals surface area contributed by atoms with E-state index in [1.54, 1.807) is 0 Å². The van der Waals surface area contributed by atoms with Crippen LogP contribution >= 0.6 is 0 Å². The molecule has 0 aromatic rings. The average Bonchev–Trinajstić information content (AvgIpc) is 3.14. The van der Waals surface area contributed by atoms with Crippen LogP contribution in [0.5, 0.6) is 0 Å². The van der Waals surface area contributed by atoms with Gasteiger partial charge in [0.05, 0.1) is 0 Å². The molecule has 1 nitrogen and oxygen atoms in total. The Morgan fingerprint density at radius 3 is 1.74 bits per heavy atom. The van der Waals surface area contributed by atoms with Crippen molar-refractivity contribution >= 4 is 5.78 Å². The van der Waals surface area contributed by atoms with Gasteiger partial charge in [-0.3, -0.25) is 4.79 Å². The summed E-state index contributed by atoms with van der Waals surface area (Å²) in [4.78, 5) is 11.9. The molecule has 100 valence electrons. The Morgan fingerprint density at radius 2 is 1.26 bits per heavy atom. The first-order valence-electron chi connectivity index (χ1n) is 6.80. The summed E-state index contributed by atoms with van der Waals surface area (Å²) in [6.45, 7) is 0. The Balaban J connectivity index is 0.000000256. The molecule has 0 aliphatic heterocycles. The van der Waals surface area contributed by atoms with Gasteiger partial charge in [0.15, 0.2) is 0 Å². The van der Waals surface area contributed by atoms with Crippen molar-refractivity contribution in [2.24, 2.45) is 5.92 Å². The van der Waals surface area contributed by atoms with Gasteiger partial charge in [0.25, 0.3) is 0 Å². The van der Waals surface area contributed by atoms with Crippen LogP contribution in [0.2, 0.25) is 0 Å². The van der Waals surface area contributed by atoms with Crippen molar-refractivity contribution < 1.29 is 21.9 Å². The van der Waals surface area contributed by atoms with Gasteiger partial charge < -0.3 is 0 Å².